The van der Waals surface area contributed by atoms with Gasteiger partial charge in [-0.1, -0.05) is 23.8 Å². The summed E-state index contributed by atoms with van der Waals surface area (Å²) in [6.45, 7) is 5.87. The normalized spacial score (nSPS) is 24.8. The largest absolute Gasteiger partial charge is 0.468 e. The molecule has 25 heavy (non-hydrogen) atoms. The van der Waals surface area contributed by atoms with Crippen LogP contribution in [0.3, 0.4) is 0 Å². The van der Waals surface area contributed by atoms with Crippen molar-refractivity contribution in [3.8, 4) is 0 Å². The van der Waals surface area contributed by atoms with Crippen LogP contribution in [0.4, 0.5) is 4.79 Å². The van der Waals surface area contributed by atoms with Gasteiger partial charge in [-0.3, -0.25) is 4.79 Å². The van der Waals surface area contributed by atoms with E-state index in [1.807, 2.05) is 38.2 Å². The van der Waals surface area contributed by atoms with Crippen molar-refractivity contribution in [3.05, 3.63) is 46.8 Å². The van der Waals surface area contributed by atoms with Gasteiger partial charge in [0, 0.05) is 19.3 Å². The first-order valence-electron chi connectivity index (χ1n) is 8.68. The number of methoxy groups -OCH3 is 1. The van der Waals surface area contributed by atoms with Gasteiger partial charge in [0.1, 0.15) is 5.92 Å². The highest BCUT2D eigenvalue weighted by atomic mass is 16.5. The third-order valence-electron chi connectivity index (χ3n) is 4.90. The molecule has 2 fully saturated rings. The van der Waals surface area contributed by atoms with Crippen molar-refractivity contribution in [3.63, 3.8) is 0 Å². The molecule has 3 rings (SSSR count). The van der Waals surface area contributed by atoms with E-state index in [9.17, 15) is 9.59 Å². The van der Waals surface area contributed by atoms with Crippen LogP contribution in [0.5, 0.6) is 0 Å². The van der Waals surface area contributed by atoms with Crippen molar-refractivity contribution < 1.29 is 14.3 Å². The second kappa shape index (κ2) is 7.17. The van der Waals surface area contributed by atoms with Crippen LogP contribution >= 0.6 is 0 Å². The highest BCUT2D eigenvalue weighted by molar-refractivity contribution is 5.85. The Morgan fingerprint density at radius 2 is 2.00 bits per heavy atom. The number of carbonyl (C=O) groups excluding carboxylic acids is 2. The Morgan fingerprint density at radius 3 is 2.68 bits per heavy atom. The summed E-state index contributed by atoms with van der Waals surface area (Å²) in [5.74, 6) is -0.951. The Balaban J connectivity index is 2.03. The van der Waals surface area contributed by atoms with E-state index < -0.39 is 12.0 Å². The summed E-state index contributed by atoms with van der Waals surface area (Å²) in [4.78, 5) is 27.0. The molecule has 2 aliphatic rings. The lowest BCUT2D eigenvalue weighted by Crippen LogP contribution is -2.52. The van der Waals surface area contributed by atoms with Gasteiger partial charge in [0.15, 0.2) is 0 Å². The van der Waals surface area contributed by atoms with Crippen molar-refractivity contribution in [2.45, 2.75) is 32.7 Å². The van der Waals surface area contributed by atoms with E-state index in [0.29, 0.717) is 5.70 Å². The van der Waals surface area contributed by atoms with Crippen LogP contribution in [0.15, 0.2) is 30.1 Å². The van der Waals surface area contributed by atoms with Crippen LogP contribution in [0.1, 0.15) is 35.6 Å². The number of rotatable bonds is 3. The van der Waals surface area contributed by atoms with E-state index in [0.717, 1.165) is 42.6 Å². The summed E-state index contributed by atoms with van der Waals surface area (Å²) < 4.78 is 5.05. The summed E-state index contributed by atoms with van der Waals surface area (Å²) in [6, 6.07) is 5.31. The average molecular weight is 343 g/mol. The molecule has 0 spiro atoms. The smallest absolute Gasteiger partial charge is 0.319 e. The second-order valence-electron chi connectivity index (χ2n) is 6.76. The molecule has 134 valence electrons. The number of nitrogens with zero attached hydrogens (tertiary/aromatic N) is 1. The van der Waals surface area contributed by atoms with E-state index in [-0.39, 0.29) is 12.0 Å². The van der Waals surface area contributed by atoms with Gasteiger partial charge in [-0.2, -0.15) is 0 Å². The lowest BCUT2D eigenvalue weighted by molar-refractivity contribution is -0.145. The average Bonchev–Trinajstić information content (AvgIpc) is 3.09. The molecule has 2 aliphatic heterocycles. The number of amides is 2. The molecule has 2 amide bonds. The molecule has 6 heteroatoms. The number of aryl methyl sites for hydroxylation is 2. The van der Waals surface area contributed by atoms with Gasteiger partial charge in [-0.25, -0.2) is 4.79 Å². The Hall–Kier alpha value is -2.50. The van der Waals surface area contributed by atoms with E-state index in [1.165, 1.54) is 7.11 Å². The van der Waals surface area contributed by atoms with Gasteiger partial charge < -0.3 is 20.3 Å². The van der Waals surface area contributed by atoms with Crippen molar-refractivity contribution in [1.82, 2.24) is 15.5 Å². The fourth-order valence-electron chi connectivity index (χ4n) is 3.57. The maximum atomic E-state index is 12.6. The van der Waals surface area contributed by atoms with E-state index >= 15 is 0 Å². The minimum Gasteiger partial charge on any atom is -0.468 e. The number of likely N-dealkylation sites (tertiary alicyclic amines) is 1. The first kappa shape index (κ1) is 17.3. The van der Waals surface area contributed by atoms with Gasteiger partial charge in [0.2, 0.25) is 0 Å². The lowest BCUT2D eigenvalue weighted by Gasteiger charge is -2.35. The summed E-state index contributed by atoms with van der Waals surface area (Å²) in [5, 5.41) is 5.72. The number of carbonyl (C=O) groups is 2. The number of benzene rings is 1. The van der Waals surface area contributed by atoms with E-state index in [1.54, 1.807) is 0 Å². The zero-order valence-corrected chi connectivity index (χ0v) is 15.0. The van der Waals surface area contributed by atoms with Gasteiger partial charge in [-0.05, 0) is 37.8 Å². The second-order valence-corrected chi connectivity index (χ2v) is 6.76. The molecular weight excluding hydrogens is 318 g/mol. The number of hydrogen-bond acceptors (Lipinski definition) is 4. The quantitative estimate of drug-likeness (QED) is 0.827. The van der Waals surface area contributed by atoms with Crippen molar-refractivity contribution in [2.24, 2.45) is 5.92 Å². The maximum Gasteiger partial charge on any atom is 0.319 e. The Labute approximate surface area is 148 Å². The minimum absolute atomic E-state index is 0.295. The summed E-state index contributed by atoms with van der Waals surface area (Å²) in [6.07, 6.45) is 4.16. The van der Waals surface area contributed by atoms with Crippen LogP contribution in [-0.4, -0.2) is 37.1 Å². The monoisotopic (exact) mass is 343 g/mol. The van der Waals surface area contributed by atoms with Crippen molar-refractivity contribution in [2.75, 3.05) is 20.2 Å². The topological polar surface area (TPSA) is 70.7 Å². The number of ether oxygens (including phenoxy) is 1. The number of esters is 1. The predicted octanol–water partition coefficient (Wildman–Crippen LogP) is 2.38. The molecule has 0 aliphatic carbocycles. The molecule has 0 radical (unpaired) electrons. The number of urea groups is 1. The summed E-state index contributed by atoms with van der Waals surface area (Å²) >= 11 is 0. The molecule has 1 aromatic rings. The zero-order valence-electron chi connectivity index (χ0n) is 15.0. The molecule has 6 nitrogen and oxygen atoms in total. The highest BCUT2D eigenvalue weighted by Gasteiger charge is 2.40. The molecule has 0 aromatic heterocycles. The maximum absolute atomic E-state index is 12.6. The van der Waals surface area contributed by atoms with Crippen LogP contribution in [0, 0.1) is 19.8 Å². The number of nitrogens with one attached hydrogen (secondary N) is 2. The minimum atomic E-state index is -0.594. The Morgan fingerprint density at radius 1 is 1.28 bits per heavy atom. The Kier molecular flexibility index (Phi) is 4.97. The van der Waals surface area contributed by atoms with Gasteiger partial charge in [0.05, 0.1) is 18.8 Å². The molecule has 2 heterocycles. The van der Waals surface area contributed by atoms with E-state index in [2.05, 4.69) is 15.5 Å². The van der Waals surface area contributed by atoms with E-state index in [4.69, 9.17) is 4.74 Å². The van der Waals surface area contributed by atoms with Crippen LogP contribution in [-0.2, 0) is 9.53 Å². The Bertz CT molecular complexity index is 708. The fourth-order valence-corrected chi connectivity index (χ4v) is 3.57. The summed E-state index contributed by atoms with van der Waals surface area (Å²) in [5.41, 5.74) is 3.66. The summed E-state index contributed by atoms with van der Waals surface area (Å²) in [7, 11) is 1.38. The molecule has 2 N–H and O–H groups in total. The first-order valence-corrected chi connectivity index (χ1v) is 8.68. The van der Waals surface area contributed by atoms with Crippen molar-refractivity contribution in [1.29, 1.82) is 0 Å². The van der Waals surface area contributed by atoms with Crippen molar-refractivity contribution >= 4 is 12.0 Å². The molecule has 2 saturated heterocycles. The third-order valence-corrected chi connectivity index (χ3v) is 4.90. The molecule has 2 atom stereocenters. The standard InChI is InChI=1S/C19H25N3O3/c1-12-6-7-13(2)14(10-12)17-16(18(23)25-3)15(20-19(24)21-17)11-22-8-4-5-9-22/h6-7,10-11,16-17H,4-5,8-9H2,1-3H3,(H2,20,21,24)/t16-,17-/m0/s1. The number of hydrogen-bond donors (Lipinski definition) is 2. The molecule has 0 unspecified atom stereocenters. The highest BCUT2D eigenvalue weighted by Crippen LogP contribution is 2.33. The fraction of sp³-hybridized carbons (Fsp3) is 0.474. The third kappa shape index (κ3) is 3.62. The predicted molar refractivity (Wildman–Crippen MR) is 94.7 cm³/mol. The van der Waals surface area contributed by atoms with Crippen LogP contribution in [0.25, 0.3) is 0 Å². The molecule has 0 bridgehead atoms. The van der Waals surface area contributed by atoms with Crippen LogP contribution in [0.2, 0.25) is 0 Å². The SMILES string of the molecule is COC(=O)[C@H]1C(=CN2CCCC2)NC(=O)N[C@H]1c1cc(C)ccc1C. The lowest BCUT2D eigenvalue weighted by atomic mass is 9.86. The zero-order chi connectivity index (χ0) is 18.0. The van der Waals surface area contributed by atoms with Gasteiger partial charge in [-0.15, -0.1) is 0 Å². The van der Waals surface area contributed by atoms with Crippen LogP contribution < -0.4 is 10.6 Å². The van der Waals surface area contributed by atoms with Gasteiger partial charge in [0.25, 0.3) is 0 Å². The van der Waals surface area contributed by atoms with Gasteiger partial charge >= 0.3 is 12.0 Å². The molecular formula is C19H25N3O3. The molecule has 0 saturated carbocycles. The molecule has 1 aromatic carbocycles. The first-order chi connectivity index (χ1) is 12.0.